The van der Waals surface area contributed by atoms with Gasteiger partial charge >= 0.3 is 5.97 Å². The van der Waals surface area contributed by atoms with Gasteiger partial charge in [-0.3, -0.25) is 0 Å². The van der Waals surface area contributed by atoms with Gasteiger partial charge in [0.2, 0.25) is 6.10 Å². The van der Waals surface area contributed by atoms with Crippen LogP contribution in [0, 0.1) is 0 Å². The van der Waals surface area contributed by atoms with Crippen molar-refractivity contribution in [3.05, 3.63) is 72.3 Å². The number of carbonyl (C=O) groups is 1. The number of ether oxygens (including phenoxy) is 1. The molecule has 0 spiro atoms. The molecule has 2 aromatic carbocycles. The minimum absolute atomic E-state index is 0.535. The number of rotatable bonds is 5. The SMILES string of the molecule is O=C(O)C(/C=C/c1ccccc1)Oc1ccccc1. The number of para-hydroxylation sites is 1. The summed E-state index contributed by atoms with van der Waals surface area (Å²) in [4.78, 5) is 11.1. The van der Waals surface area contributed by atoms with Crippen molar-refractivity contribution in [1.82, 2.24) is 0 Å². The minimum Gasteiger partial charge on any atom is -0.478 e. The predicted molar refractivity (Wildman–Crippen MR) is 74.0 cm³/mol. The van der Waals surface area contributed by atoms with E-state index >= 15 is 0 Å². The summed E-state index contributed by atoms with van der Waals surface area (Å²) in [5.41, 5.74) is 0.936. The van der Waals surface area contributed by atoms with Crippen molar-refractivity contribution in [3.63, 3.8) is 0 Å². The topological polar surface area (TPSA) is 46.5 Å². The number of benzene rings is 2. The molecule has 96 valence electrons. The lowest BCUT2D eigenvalue weighted by Gasteiger charge is -2.11. The molecule has 2 aromatic rings. The van der Waals surface area contributed by atoms with Gasteiger partial charge in [0.25, 0.3) is 0 Å². The highest BCUT2D eigenvalue weighted by Crippen LogP contribution is 2.12. The number of carboxylic acids is 1. The van der Waals surface area contributed by atoms with E-state index in [-0.39, 0.29) is 0 Å². The Morgan fingerprint density at radius 1 is 1.00 bits per heavy atom. The summed E-state index contributed by atoms with van der Waals surface area (Å²) in [6.45, 7) is 0. The van der Waals surface area contributed by atoms with Crippen molar-refractivity contribution in [2.75, 3.05) is 0 Å². The summed E-state index contributed by atoms with van der Waals surface area (Å²) in [7, 11) is 0. The molecule has 2 rings (SSSR count). The van der Waals surface area contributed by atoms with Crippen LogP contribution in [0.25, 0.3) is 6.08 Å². The fourth-order valence-corrected chi connectivity index (χ4v) is 1.58. The number of carboxylic acid groups (broad SMARTS) is 1. The third kappa shape index (κ3) is 4.00. The molecule has 0 saturated carbocycles. The lowest BCUT2D eigenvalue weighted by molar-refractivity contribution is -0.142. The van der Waals surface area contributed by atoms with Gasteiger partial charge in [-0.1, -0.05) is 54.6 Å². The standard InChI is InChI=1S/C16H14O3/c17-16(18)15(19-14-9-5-2-6-10-14)12-11-13-7-3-1-4-8-13/h1-12,15H,(H,17,18)/b12-11+. The molecule has 0 saturated heterocycles. The zero-order valence-electron chi connectivity index (χ0n) is 10.3. The van der Waals surface area contributed by atoms with Gasteiger partial charge in [-0.25, -0.2) is 4.79 Å². The van der Waals surface area contributed by atoms with Crippen LogP contribution in [0.5, 0.6) is 5.75 Å². The first-order valence-electron chi connectivity index (χ1n) is 5.93. The Morgan fingerprint density at radius 2 is 1.58 bits per heavy atom. The molecule has 0 aliphatic carbocycles. The van der Waals surface area contributed by atoms with E-state index in [4.69, 9.17) is 9.84 Å². The second-order valence-corrected chi connectivity index (χ2v) is 3.96. The van der Waals surface area contributed by atoms with E-state index in [1.165, 1.54) is 6.08 Å². The fraction of sp³-hybridized carbons (Fsp3) is 0.0625. The Hall–Kier alpha value is -2.55. The van der Waals surface area contributed by atoms with Crippen molar-refractivity contribution in [2.24, 2.45) is 0 Å². The quantitative estimate of drug-likeness (QED) is 0.891. The maximum Gasteiger partial charge on any atom is 0.349 e. The summed E-state index contributed by atoms with van der Waals surface area (Å²) in [6.07, 6.45) is 2.27. The van der Waals surface area contributed by atoms with E-state index in [0.717, 1.165) is 5.56 Å². The first-order valence-corrected chi connectivity index (χ1v) is 5.93. The molecular formula is C16H14O3. The highest BCUT2D eigenvalue weighted by atomic mass is 16.5. The van der Waals surface area contributed by atoms with Gasteiger partial charge in [-0.15, -0.1) is 0 Å². The van der Waals surface area contributed by atoms with Crippen LogP contribution in [0.4, 0.5) is 0 Å². The van der Waals surface area contributed by atoms with Crippen molar-refractivity contribution in [1.29, 1.82) is 0 Å². The van der Waals surface area contributed by atoms with E-state index in [9.17, 15) is 4.79 Å². The smallest absolute Gasteiger partial charge is 0.349 e. The number of hydrogen-bond acceptors (Lipinski definition) is 2. The van der Waals surface area contributed by atoms with Gasteiger partial charge in [0.1, 0.15) is 5.75 Å². The van der Waals surface area contributed by atoms with Gasteiger partial charge < -0.3 is 9.84 Å². The lowest BCUT2D eigenvalue weighted by atomic mass is 10.2. The van der Waals surface area contributed by atoms with Crippen LogP contribution in [-0.4, -0.2) is 17.2 Å². The number of aliphatic carboxylic acids is 1. The zero-order chi connectivity index (χ0) is 13.5. The van der Waals surface area contributed by atoms with Crippen molar-refractivity contribution in [2.45, 2.75) is 6.10 Å². The van der Waals surface area contributed by atoms with E-state index in [1.807, 2.05) is 36.4 Å². The first-order chi connectivity index (χ1) is 9.25. The molecule has 0 aromatic heterocycles. The van der Waals surface area contributed by atoms with E-state index < -0.39 is 12.1 Å². The van der Waals surface area contributed by atoms with E-state index in [1.54, 1.807) is 30.3 Å². The van der Waals surface area contributed by atoms with Crippen LogP contribution in [0.3, 0.4) is 0 Å². The van der Waals surface area contributed by atoms with Crippen LogP contribution in [0.1, 0.15) is 5.56 Å². The van der Waals surface area contributed by atoms with E-state index in [0.29, 0.717) is 5.75 Å². The average Bonchev–Trinajstić information content (AvgIpc) is 2.45. The predicted octanol–water partition coefficient (Wildman–Crippen LogP) is 3.23. The Bertz CT molecular complexity index is 547. The fourth-order valence-electron chi connectivity index (χ4n) is 1.58. The molecule has 0 aliphatic rings. The van der Waals surface area contributed by atoms with Crippen LogP contribution in [0.15, 0.2) is 66.7 Å². The summed E-state index contributed by atoms with van der Waals surface area (Å²) >= 11 is 0. The Labute approximate surface area is 111 Å². The third-order valence-corrected chi connectivity index (χ3v) is 2.51. The highest BCUT2D eigenvalue weighted by Gasteiger charge is 2.15. The molecule has 1 unspecified atom stereocenters. The largest absolute Gasteiger partial charge is 0.478 e. The molecule has 0 bridgehead atoms. The van der Waals surface area contributed by atoms with Gasteiger partial charge in [0, 0.05) is 0 Å². The Morgan fingerprint density at radius 3 is 2.16 bits per heavy atom. The van der Waals surface area contributed by atoms with Gasteiger partial charge in [-0.05, 0) is 23.8 Å². The first kappa shape index (κ1) is 12.9. The van der Waals surface area contributed by atoms with Crippen molar-refractivity contribution < 1.29 is 14.6 Å². The van der Waals surface area contributed by atoms with Crippen LogP contribution in [-0.2, 0) is 4.79 Å². The third-order valence-electron chi connectivity index (χ3n) is 2.51. The van der Waals surface area contributed by atoms with Crippen LogP contribution in [0.2, 0.25) is 0 Å². The summed E-state index contributed by atoms with van der Waals surface area (Å²) in [5.74, 6) is -0.483. The average molecular weight is 254 g/mol. The van der Waals surface area contributed by atoms with Crippen LogP contribution < -0.4 is 4.74 Å². The van der Waals surface area contributed by atoms with Crippen LogP contribution >= 0.6 is 0 Å². The summed E-state index contributed by atoms with van der Waals surface area (Å²) < 4.78 is 5.41. The summed E-state index contributed by atoms with van der Waals surface area (Å²) in [5, 5.41) is 9.14. The van der Waals surface area contributed by atoms with Crippen molar-refractivity contribution in [3.8, 4) is 5.75 Å². The molecule has 0 radical (unpaired) electrons. The molecule has 3 nitrogen and oxygen atoms in total. The molecule has 19 heavy (non-hydrogen) atoms. The van der Waals surface area contributed by atoms with Gasteiger partial charge in [0.15, 0.2) is 0 Å². The lowest BCUT2D eigenvalue weighted by Crippen LogP contribution is -2.24. The maximum atomic E-state index is 11.1. The molecule has 0 aliphatic heterocycles. The number of hydrogen-bond donors (Lipinski definition) is 1. The second kappa shape index (κ2) is 6.40. The summed E-state index contributed by atoms with van der Waals surface area (Å²) in [6, 6.07) is 18.4. The second-order valence-electron chi connectivity index (χ2n) is 3.96. The molecule has 0 fully saturated rings. The van der Waals surface area contributed by atoms with Gasteiger partial charge in [-0.2, -0.15) is 0 Å². The molecule has 0 heterocycles. The van der Waals surface area contributed by atoms with Crippen molar-refractivity contribution >= 4 is 12.0 Å². The Kier molecular flexibility index (Phi) is 4.34. The van der Waals surface area contributed by atoms with E-state index in [2.05, 4.69) is 0 Å². The Balaban J connectivity index is 2.09. The maximum absolute atomic E-state index is 11.1. The highest BCUT2D eigenvalue weighted by molar-refractivity contribution is 5.76. The normalized spacial score (nSPS) is 12.2. The molecule has 1 N–H and O–H groups in total. The molecule has 1 atom stereocenters. The van der Waals surface area contributed by atoms with Gasteiger partial charge in [0.05, 0.1) is 0 Å². The molecule has 0 amide bonds. The zero-order valence-corrected chi connectivity index (χ0v) is 10.3. The minimum atomic E-state index is -1.02. The molecular weight excluding hydrogens is 240 g/mol. The molecule has 3 heteroatoms. The monoisotopic (exact) mass is 254 g/mol.